The zero-order valence-electron chi connectivity index (χ0n) is 6.18. The third-order valence-corrected chi connectivity index (χ3v) is 1.37. The first-order valence-corrected chi connectivity index (χ1v) is 2.98. The lowest BCUT2D eigenvalue weighted by molar-refractivity contribution is -0.384. The highest BCUT2D eigenvalue weighted by Crippen LogP contribution is 2.21. The molecule has 0 heterocycles. The second-order valence-electron chi connectivity index (χ2n) is 1.71. The van der Waals surface area contributed by atoms with E-state index in [9.17, 15) is 10.1 Å². The van der Waals surface area contributed by atoms with Crippen LogP contribution >= 0.6 is 11.6 Å². The molecule has 1 aromatic carbocycles. The lowest BCUT2D eigenvalue weighted by Crippen LogP contribution is -1.87. The number of hydrogen-bond acceptors (Lipinski definition) is 2. The quantitative estimate of drug-likeness (QED) is 0.536. The molecule has 0 aromatic heterocycles. The van der Waals surface area contributed by atoms with Crippen molar-refractivity contribution in [2.24, 2.45) is 0 Å². The maximum absolute atomic E-state index is 10.1. The van der Waals surface area contributed by atoms with Gasteiger partial charge in [0.05, 0.1) is 4.92 Å². The lowest BCUT2D eigenvalue weighted by atomic mass is 10.3. The molecule has 0 spiro atoms. The number of benzene rings is 1. The van der Waals surface area contributed by atoms with Crippen molar-refractivity contribution in [2.75, 3.05) is 0 Å². The van der Waals surface area contributed by atoms with E-state index in [0.29, 0.717) is 0 Å². The van der Waals surface area contributed by atoms with Gasteiger partial charge in [0.2, 0.25) is 0 Å². The molecule has 0 amide bonds. The van der Waals surface area contributed by atoms with Crippen molar-refractivity contribution >= 4 is 17.3 Å². The van der Waals surface area contributed by atoms with Crippen molar-refractivity contribution in [3.05, 3.63) is 39.4 Å². The highest BCUT2D eigenvalue weighted by atomic mass is 35.5. The van der Waals surface area contributed by atoms with Crippen LogP contribution < -0.4 is 0 Å². The fraction of sp³-hybridized carbons (Fsp3) is 0. The van der Waals surface area contributed by atoms with Crippen LogP contribution in [0.1, 0.15) is 0 Å². The van der Waals surface area contributed by atoms with Crippen LogP contribution in [-0.2, 0) is 0 Å². The molecule has 0 unspecified atom stereocenters. The SMILES string of the molecule is F.F.F.O=[N+]([O-])c1ccccc1Cl. The van der Waals surface area contributed by atoms with Gasteiger partial charge in [-0.15, -0.1) is 0 Å². The Morgan fingerprint density at radius 3 is 1.92 bits per heavy atom. The molecule has 3 nitrogen and oxygen atoms in total. The number of hydrogen-bond donors (Lipinski definition) is 0. The number of nitro benzene ring substituents is 1. The smallest absolute Gasteiger partial charge is 0.269 e. The average molecular weight is 218 g/mol. The van der Waals surface area contributed by atoms with Crippen molar-refractivity contribution < 1.29 is 19.0 Å². The van der Waals surface area contributed by atoms with E-state index in [-0.39, 0.29) is 24.8 Å². The summed E-state index contributed by atoms with van der Waals surface area (Å²) in [6, 6.07) is 6.07. The highest BCUT2D eigenvalue weighted by Gasteiger charge is 2.08. The van der Waals surface area contributed by atoms with Crippen LogP contribution in [0.5, 0.6) is 0 Å². The number of halogens is 4. The molecule has 0 aliphatic heterocycles. The number of rotatable bonds is 1. The first-order valence-electron chi connectivity index (χ1n) is 2.61. The second-order valence-corrected chi connectivity index (χ2v) is 2.12. The molecule has 0 fully saturated rings. The van der Waals surface area contributed by atoms with E-state index in [1.54, 1.807) is 12.1 Å². The van der Waals surface area contributed by atoms with E-state index in [1.807, 2.05) is 0 Å². The Morgan fingerprint density at radius 1 is 1.15 bits per heavy atom. The Kier molecular flexibility index (Phi) is 10.0. The van der Waals surface area contributed by atoms with Gasteiger partial charge in [-0.25, -0.2) is 0 Å². The van der Waals surface area contributed by atoms with Gasteiger partial charge in [-0.3, -0.25) is 24.2 Å². The van der Waals surface area contributed by atoms with Gasteiger partial charge in [-0.2, -0.15) is 0 Å². The molecule has 0 saturated heterocycles. The maximum atomic E-state index is 10.1. The van der Waals surface area contributed by atoms with Gasteiger partial charge in [-0.1, -0.05) is 23.7 Å². The predicted molar refractivity (Wildman–Crippen MR) is 45.6 cm³/mol. The van der Waals surface area contributed by atoms with E-state index in [4.69, 9.17) is 11.6 Å². The maximum Gasteiger partial charge on any atom is 0.287 e. The molecule has 0 aliphatic carbocycles. The van der Waals surface area contributed by atoms with Crippen molar-refractivity contribution in [1.29, 1.82) is 0 Å². The Bertz CT molecular complexity index is 272. The minimum Gasteiger partial charge on any atom is -0.269 e. The number of nitrogens with zero attached hydrogens (tertiary/aromatic N) is 1. The summed E-state index contributed by atoms with van der Waals surface area (Å²) < 4.78 is 0. The largest absolute Gasteiger partial charge is 0.287 e. The zero-order valence-corrected chi connectivity index (χ0v) is 6.93. The van der Waals surface area contributed by atoms with Crippen LogP contribution in [0, 0.1) is 10.1 Å². The fourth-order valence-corrected chi connectivity index (χ4v) is 0.805. The van der Waals surface area contributed by atoms with Crippen LogP contribution in [0.3, 0.4) is 0 Å². The minimum absolute atomic E-state index is 0. The predicted octanol–water partition coefficient (Wildman–Crippen LogP) is 2.71. The van der Waals surface area contributed by atoms with Gasteiger partial charge >= 0.3 is 0 Å². The third kappa shape index (κ3) is 4.32. The first kappa shape index (κ1) is 17.7. The van der Waals surface area contributed by atoms with E-state index in [1.165, 1.54) is 12.1 Å². The van der Waals surface area contributed by atoms with Crippen LogP contribution in [-0.4, -0.2) is 4.92 Å². The molecule has 0 aliphatic rings. The monoisotopic (exact) mass is 217 g/mol. The van der Waals surface area contributed by atoms with E-state index in [0.717, 1.165) is 0 Å². The number of nitro groups is 1. The number of para-hydroxylation sites is 1. The fourth-order valence-electron chi connectivity index (χ4n) is 0.600. The van der Waals surface area contributed by atoms with Crippen molar-refractivity contribution in [3.63, 3.8) is 0 Å². The topological polar surface area (TPSA) is 43.1 Å². The molecule has 0 atom stereocenters. The molecule has 76 valence electrons. The first-order chi connectivity index (χ1) is 4.72. The molecule has 13 heavy (non-hydrogen) atoms. The van der Waals surface area contributed by atoms with Gasteiger partial charge in [0.1, 0.15) is 5.02 Å². The van der Waals surface area contributed by atoms with Gasteiger partial charge in [0.25, 0.3) is 5.69 Å². The van der Waals surface area contributed by atoms with Gasteiger partial charge < -0.3 is 0 Å². The van der Waals surface area contributed by atoms with Crippen molar-refractivity contribution in [2.45, 2.75) is 0 Å². The summed E-state index contributed by atoms with van der Waals surface area (Å²) >= 11 is 5.48. The standard InChI is InChI=1S/C6H4ClNO2.3FH/c7-5-3-1-2-4-6(5)8(9)10;;;/h1-4H;3*1H. The molecule has 1 rings (SSSR count). The van der Waals surface area contributed by atoms with Gasteiger partial charge in [-0.05, 0) is 6.07 Å². The molecule has 0 saturated carbocycles. The van der Waals surface area contributed by atoms with E-state index < -0.39 is 4.92 Å². The van der Waals surface area contributed by atoms with Gasteiger partial charge in [0, 0.05) is 6.07 Å². The summed E-state index contributed by atoms with van der Waals surface area (Å²) in [6.07, 6.45) is 0. The summed E-state index contributed by atoms with van der Waals surface area (Å²) in [5.41, 5.74) is -0.0517. The lowest BCUT2D eigenvalue weighted by Gasteiger charge is -1.90. The van der Waals surface area contributed by atoms with Crippen LogP contribution in [0.25, 0.3) is 0 Å². The Hall–Kier alpha value is -1.30. The minimum atomic E-state index is -0.512. The third-order valence-electron chi connectivity index (χ3n) is 1.05. The molecule has 0 N–H and O–H groups in total. The van der Waals surface area contributed by atoms with Crippen LogP contribution in [0.2, 0.25) is 5.02 Å². The average Bonchev–Trinajstić information content (AvgIpc) is 1.88. The molecule has 7 heteroatoms. The zero-order chi connectivity index (χ0) is 7.56. The molecule has 0 radical (unpaired) electrons. The van der Waals surface area contributed by atoms with E-state index in [2.05, 4.69) is 0 Å². The summed E-state index contributed by atoms with van der Waals surface area (Å²) in [5, 5.41) is 10.3. The Labute approximate surface area is 76.6 Å². The summed E-state index contributed by atoms with van der Waals surface area (Å²) in [5.74, 6) is 0. The normalized spacial score (nSPS) is 7.15. The van der Waals surface area contributed by atoms with Crippen LogP contribution in [0.4, 0.5) is 19.8 Å². The molecule has 1 aromatic rings. The highest BCUT2D eigenvalue weighted by molar-refractivity contribution is 6.32. The van der Waals surface area contributed by atoms with E-state index >= 15 is 0 Å². The van der Waals surface area contributed by atoms with Crippen molar-refractivity contribution in [3.8, 4) is 0 Å². The molecular formula is C6H7ClF3NO2. The Morgan fingerprint density at radius 2 is 1.62 bits per heavy atom. The summed E-state index contributed by atoms with van der Waals surface area (Å²) in [7, 11) is 0. The molecular weight excluding hydrogens is 211 g/mol. The summed E-state index contributed by atoms with van der Waals surface area (Å²) in [4.78, 5) is 9.63. The van der Waals surface area contributed by atoms with Crippen LogP contribution in [0.15, 0.2) is 24.3 Å². The second kappa shape index (κ2) is 7.35. The summed E-state index contributed by atoms with van der Waals surface area (Å²) in [6.45, 7) is 0. The van der Waals surface area contributed by atoms with Crippen molar-refractivity contribution in [1.82, 2.24) is 0 Å². The van der Waals surface area contributed by atoms with Gasteiger partial charge in [0.15, 0.2) is 0 Å². The molecule has 0 bridgehead atoms. The Balaban J connectivity index is -0.000000333.